The van der Waals surface area contributed by atoms with Gasteiger partial charge in [-0.2, -0.15) is 4.76 Å². The zero-order chi connectivity index (χ0) is 26.5. The first kappa shape index (κ1) is 26.3. The lowest BCUT2D eigenvalue weighted by molar-refractivity contribution is -0.126. The number of anilines is 2. The van der Waals surface area contributed by atoms with Gasteiger partial charge in [0.05, 0.1) is 29.3 Å². The second-order valence-corrected chi connectivity index (χ2v) is 13.5. The highest BCUT2D eigenvalue weighted by Crippen LogP contribution is 2.53. The van der Waals surface area contributed by atoms with E-state index in [1.54, 1.807) is 19.1 Å². The highest BCUT2D eigenvalue weighted by molar-refractivity contribution is 7.92. The second kappa shape index (κ2) is 9.25. The van der Waals surface area contributed by atoms with Gasteiger partial charge in [0, 0.05) is 11.3 Å². The Balaban J connectivity index is 1.85. The van der Waals surface area contributed by atoms with Crippen LogP contribution >= 0.6 is 7.52 Å². The molecule has 11 heteroatoms. The molecule has 2 aromatic carbocycles. The topological polar surface area (TPSA) is 131 Å². The number of Topliss-reactive ketones (excluding diaryl/α,β-unsaturated/α-hetero) is 2. The van der Waals surface area contributed by atoms with Gasteiger partial charge in [0.1, 0.15) is 11.8 Å². The van der Waals surface area contributed by atoms with Crippen LogP contribution < -0.4 is 15.3 Å². The Labute approximate surface area is 211 Å². The lowest BCUT2D eigenvalue weighted by Crippen LogP contribution is -2.52. The van der Waals surface area contributed by atoms with E-state index in [9.17, 15) is 22.6 Å². The number of amidine groups is 1. The summed E-state index contributed by atoms with van der Waals surface area (Å²) in [5.74, 6) is -1.85. The summed E-state index contributed by atoms with van der Waals surface area (Å²) in [5.41, 5.74) is 0.721. The van der Waals surface area contributed by atoms with E-state index in [0.717, 1.165) is 6.26 Å². The molecule has 0 aromatic heterocycles. The number of sulfonamides is 1. The Morgan fingerprint density at radius 1 is 1.19 bits per heavy atom. The fourth-order valence-electron chi connectivity index (χ4n) is 5.09. The quantitative estimate of drug-likeness (QED) is 0.406. The third-order valence-corrected chi connectivity index (χ3v) is 9.03. The molecule has 2 aliphatic rings. The minimum absolute atomic E-state index is 0.0254. The van der Waals surface area contributed by atoms with Crippen molar-refractivity contribution in [1.29, 1.82) is 0 Å². The normalized spacial score (nSPS) is 25.6. The average molecular weight is 532 g/mol. The van der Waals surface area contributed by atoms with Crippen LogP contribution in [0.5, 0.6) is 0 Å². The van der Waals surface area contributed by atoms with Gasteiger partial charge in [-0.25, -0.2) is 8.42 Å². The van der Waals surface area contributed by atoms with Crippen LogP contribution in [-0.2, 0) is 29.3 Å². The SMILES string of the molecule is CCOP1(=O)N=C(C2C(=O)c3ccccc3C(C)(CC(C)C)C2=O)Nc2ccc(NS(C)(=O)=O)cc21. The average Bonchev–Trinajstić information content (AvgIpc) is 2.77. The van der Waals surface area contributed by atoms with Crippen LogP contribution in [0.1, 0.15) is 50.0 Å². The maximum absolute atomic E-state index is 14.0. The number of nitrogens with one attached hydrogen (secondary N) is 2. The van der Waals surface area contributed by atoms with Crippen LogP contribution in [0, 0.1) is 11.8 Å². The van der Waals surface area contributed by atoms with Gasteiger partial charge in [0.15, 0.2) is 11.6 Å². The number of hydrogen-bond donors (Lipinski definition) is 2. The van der Waals surface area contributed by atoms with Crippen molar-refractivity contribution in [2.75, 3.05) is 22.9 Å². The van der Waals surface area contributed by atoms with E-state index in [4.69, 9.17) is 4.52 Å². The number of ketones is 2. The lowest BCUT2D eigenvalue weighted by Gasteiger charge is -2.40. The van der Waals surface area contributed by atoms with Crippen molar-refractivity contribution >= 4 is 51.6 Å². The molecular formula is C25H30N3O6PS. The zero-order valence-electron chi connectivity index (χ0n) is 20.9. The molecule has 0 saturated heterocycles. The number of hydrogen-bond acceptors (Lipinski definition) is 7. The van der Waals surface area contributed by atoms with Gasteiger partial charge in [-0.1, -0.05) is 38.1 Å². The third-order valence-electron chi connectivity index (χ3n) is 6.36. The predicted molar refractivity (Wildman–Crippen MR) is 141 cm³/mol. The van der Waals surface area contributed by atoms with Gasteiger partial charge in [-0.3, -0.25) is 18.9 Å². The number of rotatable bonds is 7. The summed E-state index contributed by atoms with van der Waals surface area (Å²) in [6.07, 6.45) is 1.54. The molecule has 2 N–H and O–H groups in total. The summed E-state index contributed by atoms with van der Waals surface area (Å²) in [5, 5.41) is 3.19. The van der Waals surface area contributed by atoms with Crippen LogP contribution in [0.2, 0.25) is 0 Å². The van der Waals surface area contributed by atoms with Gasteiger partial charge >= 0.3 is 7.52 Å². The number of fused-ring (bicyclic) bond motifs is 2. The minimum atomic E-state index is -3.94. The molecule has 0 bridgehead atoms. The van der Waals surface area contributed by atoms with E-state index in [-0.39, 0.29) is 35.1 Å². The molecule has 192 valence electrons. The van der Waals surface area contributed by atoms with Crippen molar-refractivity contribution < 1.29 is 27.1 Å². The first-order valence-corrected chi connectivity index (χ1v) is 15.2. The summed E-state index contributed by atoms with van der Waals surface area (Å²) in [7, 11) is -7.51. The molecule has 0 spiro atoms. The number of benzene rings is 2. The highest BCUT2D eigenvalue weighted by Gasteiger charge is 2.52. The molecule has 2 aromatic rings. The molecule has 3 atom stereocenters. The molecule has 0 amide bonds. The maximum Gasteiger partial charge on any atom is 0.348 e. The summed E-state index contributed by atoms with van der Waals surface area (Å²) in [6, 6.07) is 11.5. The first-order valence-electron chi connectivity index (χ1n) is 11.7. The molecule has 1 heterocycles. The van der Waals surface area contributed by atoms with Crippen LogP contribution in [0.25, 0.3) is 0 Å². The lowest BCUT2D eigenvalue weighted by atomic mass is 9.62. The third kappa shape index (κ3) is 4.65. The molecule has 4 rings (SSSR count). The van der Waals surface area contributed by atoms with Gasteiger partial charge in [0.2, 0.25) is 10.0 Å². The van der Waals surface area contributed by atoms with Crippen molar-refractivity contribution in [2.45, 2.75) is 39.5 Å². The molecule has 9 nitrogen and oxygen atoms in total. The van der Waals surface area contributed by atoms with Crippen molar-refractivity contribution in [3.05, 3.63) is 53.6 Å². The van der Waals surface area contributed by atoms with Gasteiger partial charge < -0.3 is 9.84 Å². The van der Waals surface area contributed by atoms with Crippen LogP contribution in [0.4, 0.5) is 11.4 Å². The van der Waals surface area contributed by atoms with Crippen molar-refractivity contribution in [2.24, 2.45) is 16.6 Å². The van der Waals surface area contributed by atoms with E-state index >= 15 is 0 Å². The van der Waals surface area contributed by atoms with Gasteiger partial charge in [-0.05, 0) is 49.9 Å². The molecule has 36 heavy (non-hydrogen) atoms. The number of nitrogens with zero attached hydrogens (tertiary/aromatic N) is 1. The minimum Gasteiger partial charge on any atom is -0.342 e. The van der Waals surface area contributed by atoms with Crippen molar-refractivity contribution in [3.8, 4) is 0 Å². The Morgan fingerprint density at radius 2 is 1.89 bits per heavy atom. The summed E-state index contributed by atoms with van der Waals surface area (Å²) in [6.45, 7) is 7.59. The van der Waals surface area contributed by atoms with Crippen molar-refractivity contribution in [1.82, 2.24) is 0 Å². The first-order chi connectivity index (χ1) is 16.8. The van der Waals surface area contributed by atoms with E-state index < -0.39 is 34.7 Å². The monoisotopic (exact) mass is 531 g/mol. The van der Waals surface area contributed by atoms with Crippen LogP contribution in [0.3, 0.4) is 0 Å². The molecule has 3 unspecified atom stereocenters. The van der Waals surface area contributed by atoms with Crippen molar-refractivity contribution in [3.63, 3.8) is 0 Å². The maximum atomic E-state index is 14.0. The predicted octanol–water partition coefficient (Wildman–Crippen LogP) is 4.12. The fraction of sp³-hybridized carbons (Fsp3) is 0.400. The smallest absolute Gasteiger partial charge is 0.342 e. The van der Waals surface area contributed by atoms with E-state index in [1.807, 2.05) is 32.9 Å². The molecule has 0 fully saturated rings. The van der Waals surface area contributed by atoms with Crippen LogP contribution in [0.15, 0.2) is 47.2 Å². The highest BCUT2D eigenvalue weighted by atomic mass is 32.2. The molecule has 0 radical (unpaired) electrons. The van der Waals surface area contributed by atoms with Crippen LogP contribution in [-0.4, -0.2) is 38.7 Å². The Kier molecular flexibility index (Phi) is 6.75. The summed E-state index contributed by atoms with van der Waals surface area (Å²) >= 11 is 0. The van der Waals surface area contributed by atoms with Gasteiger partial charge in [0.25, 0.3) is 0 Å². The Morgan fingerprint density at radius 3 is 2.53 bits per heavy atom. The number of carbonyl (C=O) groups is 2. The van der Waals surface area contributed by atoms with E-state index in [0.29, 0.717) is 23.2 Å². The number of carbonyl (C=O) groups excluding carboxylic acids is 2. The molecular weight excluding hydrogens is 501 g/mol. The molecule has 1 aliphatic carbocycles. The largest absolute Gasteiger partial charge is 0.348 e. The second-order valence-electron chi connectivity index (χ2n) is 9.79. The Hall–Kier alpha value is -2.81. The van der Waals surface area contributed by atoms with E-state index in [1.165, 1.54) is 18.2 Å². The Bertz CT molecular complexity index is 1440. The summed E-state index contributed by atoms with van der Waals surface area (Å²) in [4.78, 5) is 27.6. The zero-order valence-corrected chi connectivity index (χ0v) is 22.6. The van der Waals surface area contributed by atoms with E-state index in [2.05, 4.69) is 14.8 Å². The molecule has 1 aliphatic heterocycles. The fourth-order valence-corrected chi connectivity index (χ4v) is 7.49. The molecule has 0 saturated carbocycles. The summed E-state index contributed by atoms with van der Waals surface area (Å²) < 4.78 is 49.6. The van der Waals surface area contributed by atoms with Gasteiger partial charge in [-0.15, -0.1) is 0 Å². The standard InChI is InChI=1S/C25H30N3O6PS/c1-6-34-35(31)20-13-16(28-36(5,32)33)11-12-19(20)26-24(27-35)21-22(29)17-9-7-8-10-18(17)25(4,23(21)30)14-15(2)3/h7-13,15,21,28H,6,14H2,1-5H3,(H,26,27,31).